The fraction of sp³-hybridized carbons (Fsp3) is 0.407. The van der Waals surface area contributed by atoms with Crippen LogP contribution < -0.4 is 9.47 Å². The van der Waals surface area contributed by atoms with Gasteiger partial charge in [-0.05, 0) is 73.1 Å². The maximum Gasteiger partial charge on any atom is 0.161 e. The van der Waals surface area contributed by atoms with Crippen molar-refractivity contribution in [1.82, 2.24) is 9.88 Å². The number of rotatable bonds is 7. The monoisotopic (exact) mass is 418 g/mol. The van der Waals surface area contributed by atoms with Gasteiger partial charge >= 0.3 is 0 Å². The molecule has 0 aliphatic carbocycles. The molecular weight excluding hydrogens is 384 g/mol. The first-order valence-corrected chi connectivity index (χ1v) is 11.4. The van der Waals surface area contributed by atoms with Gasteiger partial charge in [0.15, 0.2) is 11.5 Å². The molecule has 1 aromatic heterocycles. The number of aromatic amines is 1. The second-order valence-electron chi connectivity index (χ2n) is 8.39. The van der Waals surface area contributed by atoms with E-state index in [2.05, 4.69) is 60.6 Å². The van der Waals surface area contributed by atoms with Crippen LogP contribution in [0.3, 0.4) is 0 Å². The first-order valence-electron chi connectivity index (χ1n) is 11.4. The van der Waals surface area contributed by atoms with E-state index in [1.165, 1.54) is 46.3 Å². The lowest BCUT2D eigenvalue weighted by Gasteiger charge is -2.34. The van der Waals surface area contributed by atoms with Crippen LogP contribution in [-0.2, 0) is 6.42 Å². The van der Waals surface area contributed by atoms with Crippen LogP contribution in [0.5, 0.6) is 11.5 Å². The molecule has 31 heavy (non-hydrogen) atoms. The van der Waals surface area contributed by atoms with E-state index in [-0.39, 0.29) is 0 Å². The summed E-state index contributed by atoms with van der Waals surface area (Å²) < 4.78 is 10.9. The van der Waals surface area contributed by atoms with Gasteiger partial charge in [-0.3, -0.25) is 0 Å². The highest BCUT2D eigenvalue weighted by Gasteiger charge is 2.22. The molecule has 164 valence electrons. The number of aromatic nitrogens is 1. The highest BCUT2D eigenvalue weighted by Crippen LogP contribution is 2.38. The van der Waals surface area contributed by atoms with E-state index in [1.807, 2.05) is 6.07 Å². The van der Waals surface area contributed by atoms with Crippen LogP contribution in [0.15, 0.2) is 48.7 Å². The number of methoxy groups -OCH3 is 2. The van der Waals surface area contributed by atoms with Crippen molar-refractivity contribution in [2.45, 2.75) is 45.4 Å². The van der Waals surface area contributed by atoms with Gasteiger partial charge in [0.2, 0.25) is 0 Å². The molecule has 0 saturated carbocycles. The van der Waals surface area contributed by atoms with Gasteiger partial charge in [-0.25, -0.2) is 0 Å². The van der Waals surface area contributed by atoms with Gasteiger partial charge in [-0.2, -0.15) is 0 Å². The minimum Gasteiger partial charge on any atom is -0.493 e. The molecule has 0 spiro atoms. The zero-order chi connectivity index (χ0) is 22.0. The number of fused-ring (bicyclic) bond motifs is 1. The average Bonchev–Trinajstić information content (AvgIpc) is 3.20. The molecule has 1 aliphatic heterocycles. The molecule has 4 nitrogen and oxygen atoms in total. The van der Waals surface area contributed by atoms with E-state index in [9.17, 15) is 0 Å². The van der Waals surface area contributed by atoms with Crippen molar-refractivity contribution < 1.29 is 9.47 Å². The number of nitrogens with zero attached hydrogens (tertiary/aromatic N) is 1. The highest BCUT2D eigenvalue weighted by molar-refractivity contribution is 5.91. The van der Waals surface area contributed by atoms with Gasteiger partial charge in [-0.15, -0.1) is 0 Å². The first kappa shape index (κ1) is 21.4. The molecule has 4 heteroatoms. The average molecular weight is 419 g/mol. The molecular formula is C27H34N2O2. The van der Waals surface area contributed by atoms with Gasteiger partial charge in [0, 0.05) is 40.9 Å². The Balaban J connectivity index is 1.66. The molecule has 0 radical (unpaired) electrons. The SMILES string of the molecule is C=C(CC)N1CCC(c2ccc3[nH]c(-c4ccc(OC)c(OC)c4)c(CC)c3c2)CC1. The van der Waals surface area contributed by atoms with Crippen LogP contribution in [0.25, 0.3) is 22.2 Å². The molecule has 0 unspecified atom stereocenters. The van der Waals surface area contributed by atoms with E-state index >= 15 is 0 Å². The van der Waals surface area contributed by atoms with Gasteiger partial charge < -0.3 is 19.4 Å². The molecule has 0 atom stereocenters. The molecule has 3 aromatic rings. The number of benzene rings is 2. The summed E-state index contributed by atoms with van der Waals surface area (Å²) in [4.78, 5) is 6.12. The van der Waals surface area contributed by atoms with Crippen molar-refractivity contribution in [3.63, 3.8) is 0 Å². The molecule has 4 rings (SSSR count). The Bertz CT molecular complexity index is 1070. The second-order valence-corrected chi connectivity index (χ2v) is 8.39. The zero-order valence-electron chi connectivity index (χ0n) is 19.3. The largest absolute Gasteiger partial charge is 0.493 e. The van der Waals surface area contributed by atoms with Crippen LogP contribution in [0.1, 0.15) is 50.2 Å². The van der Waals surface area contributed by atoms with E-state index in [0.717, 1.165) is 43.0 Å². The Morgan fingerprint density at radius 1 is 1.03 bits per heavy atom. The van der Waals surface area contributed by atoms with E-state index < -0.39 is 0 Å². The summed E-state index contributed by atoms with van der Waals surface area (Å²) in [7, 11) is 3.35. The number of piperidine rings is 1. The number of hydrogen-bond donors (Lipinski definition) is 1. The van der Waals surface area contributed by atoms with E-state index in [1.54, 1.807) is 14.2 Å². The summed E-state index contributed by atoms with van der Waals surface area (Å²) in [5, 5.41) is 1.34. The lowest BCUT2D eigenvalue weighted by molar-refractivity contribution is 0.258. The zero-order valence-corrected chi connectivity index (χ0v) is 19.3. The van der Waals surface area contributed by atoms with E-state index in [4.69, 9.17) is 9.47 Å². The van der Waals surface area contributed by atoms with Crippen molar-refractivity contribution in [1.29, 1.82) is 0 Å². The summed E-state index contributed by atoms with van der Waals surface area (Å²) >= 11 is 0. The number of ether oxygens (including phenoxy) is 2. The number of aryl methyl sites for hydroxylation is 1. The summed E-state index contributed by atoms with van der Waals surface area (Å²) in [6.07, 6.45) is 4.40. The van der Waals surface area contributed by atoms with Gasteiger partial charge in [0.25, 0.3) is 0 Å². The Morgan fingerprint density at radius 2 is 1.77 bits per heavy atom. The number of nitrogens with one attached hydrogen (secondary N) is 1. The minimum absolute atomic E-state index is 0.620. The van der Waals surface area contributed by atoms with Crippen molar-refractivity contribution in [3.8, 4) is 22.8 Å². The molecule has 2 heterocycles. The molecule has 0 amide bonds. The maximum atomic E-state index is 5.53. The summed E-state index contributed by atoms with van der Waals surface area (Å²) in [5.74, 6) is 2.12. The normalized spacial score (nSPS) is 14.8. The number of allylic oxidation sites excluding steroid dienone is 1. The van der Waals surface area contributed by atoms with Crippen LogP contribution in [0.2, 0.25) is 0 Å². The molecule has 1 fully saturated rings. The van der Waals surface area contributed by atoms with Crippen molar-refractivity contribution in [2.24, 2.45) is 0 Å². The molecule has 0 bridgehead atoms. The van der Waals surface area contributed by atoms with Crippen molar-refractivity contribution in [3.05, 3.63) is 59.8 Å². The molecule has 1 N–H and O–H groups in total. The third-order valence-corrected chi connectivity index (χ3v) is 6.78. The minimum atomic E-state index is 0.620. The Kier molecular flexibility index (Phi) is 6.26. The van der Waals surface area contributed by atoms with Crippen LogP contribution >= 0.6 is 0 Å². The first-order chi connectivity index (χ1) is 15.1. The van der Waals surface area contributed by atoms with Crippen molar-refractivity contribution in [2.75, 3.05) is 27.3 Å². The molecule has 1 aliphatic rings. The number of H-pyrrole nitrogens is 1. The Hall–Kier alpha value is -2.88. The lowest BCUT2D eigenvalue weighted by Crippen LogP contribution is -2.31. The highest BCUT2D eigenvalue weighted by atomic mass is 16.5. The second kappa shape index (κ2) is 9.09. The predicted octanol–water partition coefficient (Wildman–Crippen LogP) is 6.52. The quantitative estimate of drug-likeness (QED) is 0.475. The standard InChI is InChI=1S/C27H34N2O2/c1-6-18(3)29-14-12-19(13-15-29)20-8-10-24-23(16-20)22(7-2)27(28-24)21-9-11-25(30-4)26(17-21)31-5/h8-11,16-17,19,28H,3,6-7,12-15H2,1-2,4-5H3. The van der Waals surface area contributed by atoms with E-state index in [0.29, 0.717) is 5.92 Å². The third-order valence-electron chi connectivity index (χ3n) is 6.78. The Labute approximate surface area is 185 Å². The molecule has 2 aromatic carbocycles. The predicted molar refractivity (Wildman–Crippen MR) is 129 cm³/mol. The lowest BCUT2D eigenvalue weighted by atomic mass is 9.88. The van der Waals surface area contributed by atoms with Crippen LogP contribution in [-0.4, -0.2) is 37.2 Å². The van der Waals surface area contributed by atoms with Crippen LogP contribution in [0, 0.1) is 0 Å². The molecule has 1 saturated heterocycles. The topological polar surface area (TPSA) is 37.5 Å². The summed E-state index contributed by atoms with van der Waals surface area (Å²) in [6, 6.07) is 13.1. The van der Waals surface area contributed by atoms with Gasteiger partial charge in [0.05, 0.1) is 14.2 Å². The summed E-state index contributed by atoms with van der Waals surface area (Å²) in [5.41, 5.74) is 7.58. The summed E-state index contributed by atoms with van der Waals surface area (Å²) in [6.45, 7) is 10.9. The number of hydrogen-bond acceptors (Lipinski definition) is 3. The fourth-order valence-electron chi connectivity index (χ4n) is 4.88. The van der Waals surface area contributed by atoms with Crippen molar-refractivity contribution >= 4 is 10.9 Å². The van der Waals surface area contributed by atoms with Gasteiger partial charge in [0.1, 0.15) is 0 Å². The van der Waals surface area contributed by atoms with Gasteiger partial charge in [-0.1, -0.05) is 26.5 Å². The van der Waals surface area contributed by atoms with Crippen LogP contribution in [0.4, 0.5) is 0 Å². The maximum absolute atomic E-state index is 5.53. The fourth-order valence-corrected chi connectivity index (χ4v) is 4.88. The number of likely N-dealkylation sites (tertiary alicyclic amines) is 1. The Morgan fingerprint density at radius 3 is 2.42 bits per heavy atom. The third kappa shape index (κ3) is 4.04. The smallest absolute Gasteiger partial charge is 0.161 e.